The van der Waals surface area contributed by atoms with Crippen molar-refractivity contribution < 1.29 is 14.3 Å². The minimum absolute atomic E-state index is 0.166. The molecule has 23 heavy (non-hydrogen) atoms. The number of carbonyl (C=O) groups is 1. The molecule has 0 saturated heterocycles. The summed E-state index contributed by atoms with van der Waals surface area (Å²) in [5, 5.41) is 0. The van der Waals surface area contributed by atoms with Gasteiger partial charge in [-0.3, -0.25) is 9.69 Å². The van der Waals surface area contributed by atoms with Gasteiger partial charge in [0.1, 0.15) is 5.75 Å². The first-order valence-electron chi connectivity index (χ1n) is 8.36. The number of esters is 1. The van der Waals surface area contributed by atoms with Gasteiger partial charge in [0.15, 0.2) is 0 Å². The molecule has 0 atom stereocenters. The van der Waals surface area contributed by atoms with Crippen LogP contribution in [0, 0.1) is 0 Å². The molecule has 0 unspecified atom stereocenters. The summed E-state index contributed by atoms with van der Waals surface area (Å²) in [6.45, 7) is 11.4. The number of nitrogens with zero attached hydrogens (tertiary/aromatic N) is 2. The number of methoxy groups -OCH3 is 1. The van der Waals surface area contributed by atoms with Crippen LogP contribution in [-0.4, -0.2) is 62.2 Å². The van der Waals surface area contributed by atoms with Crippen molar-refractivity contribution in [3.63, 3.8) is 0 Å². The van der Waals surface area contributed by atoms with Crippen LogP contribution in [0.1, 0.15) is 26.3 Å². The predicted octanol–water partition coefficient (Wildman–Crippen LogP) is 2.40. The lowest BCUT2D eigenvalue weighted by atomic mass is 10.2. The van der Waals surface area contributed by atoms with E-state index in [-0.39, 0.29) is 5.97 Å². The Balaban J connectivity index is 2.66. The maximum absolute atomic E-state index is 11.8. The lowest BCUT2D eigenvalue weighted by Gasteiger charge is -2.25. The molecule has 0 heterocycles. The van der Waals surface area contributed by atoms with Crippen LogP contribution in [0.3, 0.4) is 0 Å². The topological polar surface area (TPSA) is 42.0 Å². The van der Waals surface area contributed by atoms with E-state index in [1.54, 1.807) is 7.11 Å². The third-order valence-electron chi connectivity index (χ3n) is 3.85. The van der Waals surface area contributed by atoms with Crippen molar-refractivity contribution in [2.75, 3.05) is 46.4 Å². The van der Waals surface area contributed by atoms with Crippen LogP contribution in [0.15, 0.2) is 24.3 Å². The molecule has 1 aromatic carbocycles. The fraction of sp³-hybridized carbons (Fsp3) is 0.611. The highest BCUT2D eigenvalue weighted by Gasteiger charge is 2.13. The Morgan fingerprint density at radius 1 is 1.00 bits per heavy atom. The number of rotatable bonds is 11. The van der Waals surface area contributed by atoms with Gasteiger partial charge in [-0.1, -0.05) is 26.0 Å². The Bertz CT molecular complexity index is 444. The average Bonchev–Trinajstić information content (AvgIpc) is 2.56. The molecule has 0 saturated carbocycles. The molecule has 1 rings (SSSR count). The summed E-state index contributed by atoms with van der Waals surface area (Å²) >= 11 is 0. The Hall–Kier alpha value is -1.59. The normalized spacial score (nSPS) is 11.0. The van der Waals surface area contributed by atoms with Gasteiger partial charge in [0.05, 0.1) is 20.3 Å². The first kappa shape index (κ1) is 19.5. The molecular formula is C18H30N2O3. The second-order valence-electron chi connectivity index (χ2n) is 5.39. The number of likely N-dealkylation sites (N-methyl/N-ethyl adjacent to an activating group) is 1. The number of carbonyl (C=O) groups excluding carboxylic acids is 1. The Kier molecular flexibility index (Phi) is 9.33. The maximum Gasteiger partial charge on any atom is 0.320 e. The van der Waals surface area contributed by atoms with Gasteiger partial charge < -0.3 is 14.4 Å². The summed E-state index contributed by atoms with van der Waals surface area (Å²) in [5.74, 6) is 0.675. The fourth-order valence-electron chi connectivity index (χ4n) is 2.42. The zero-order chi connectivity index (χ0) is 17.1. The number of hydrogen-bond acceptors (Lipinski definition) is 5. The van der Waals surface area contributed by atoms with Crippen molar-refractivity contribution in [2.45, 2.75) is 27.3 Å². The molecule has 0 aromatic heterocycles. The standard InChI is InChI=1S/C18H30N2O3/c1-5-19(6-2)12-13-20(15-18(21)23-7-3)14-16-8-10-17(22-4)11-9-16/h8-11H,5-7,12-15H2,1-4H3. The SMILES string of the molecule is CCOC(=O)CN(CCN(CC)CC)Cc1ccc(OC)cc1. The van der Waals surface area contributed by atoms with Crippen LogP contribution < -0.4 is 4.74 Å². The van der Waals surface area contributed by atoms with Crippen molar-refractivity contribution in [3.05, 3.63) is 29.8 Å². The molecule has 0 spiro atoms. The molecule has 5 heteroatoms. The van der Waals surface area contributed by atoms with Crippen LogP contribution in [-0.2, 0) is 16.1 Å². The zero-order valence-electron chi connectivity index (χ0n) is 14.9. The first-order valence-corrected chi connectivity index (χ1v) is 8.36. The summed E-state index contributed by atoms with van der Waals surface area (Å²) in [6.07, 6.45) is 0. The second kappa shape index (κ2) is 11.0. The van der Waals surface area contributed by atoms with Gasteiger partial charge in [-0.2, -0.15) is 0 Å². The molecule has 0 fully saturated rings. The van der Waals surface area contributed by atoms with Crippen molar-refractivity contribution in [1.29, 1.82) is 0 Å². The second-order valence-corrected chi connectivity index (χ2v) is 5.39. The molecule has 0 aliphatic rings. The van der Waals surface area contributed by atoms with E-state index < -0.39 is 0 Å². The molecule has 130 valence electrons. The van der Waals surface area contributed by atoms with Crippen molar-refractivity contribution in [1.82, 2.24) is 9.80 Å². The van der Waals surface area contributed by atoms with Gasteiger partial charge >= 0.3 is 5.97 Å². The minimum atomic E-state index is -0.166. The van der Waals surface area contributed by atoms with Crippen LogP contribution in [0.2, 0.25) is 0 Å². The van der Waals surface area contributed by atoms with Gasteiger partial charge in [-0.25, -0.2) is 0 Å². The Labute approximate surface area is 140 Å². The molecule has 0 radical (unpaired) electrons. The highest BCUT2D eigenvalue weighted by molar-refractivity contribution is 5.71. The van der Waals surface area contributed by atoms with E-state index >= 15 is 0 Å². The largest absolute Gasteiger partial charge is 0.497 e. The number of benzene rings is 1. The van der Waals surface area contributed by atoms with Crippen LogP contribution in [0.4, 0.5) is 0 Å². The van der Waals surface area contributed by atoms with Crippen molar-refractivity contribution >= 4 is 5.97 Å². The molecule has 0 aliphatic heterocycles. The third kappa shape index (κ3) is 7.48. The van der Waals surface area contributed by atoms with Gasteiger partial charge in [0.2, 0.25) is 0 Å². The lowest BCUT2D eigenvalue weighted by Crippen LogP contribution is -2.38. The van der Waals surface area contributed by atoms with Crippen LogP contribution in [0.5, 0.6) is 5.75 Å². The molecule has 0 aliphatic carbocycles. The molecule has 0 amide bonds. The van der Waals surface area contributed by atoms with Crippen molar-refractivity contribution in [3.8, 4) is 5.75 Å². The van der Waals surface area contributed by atoms with Gasteiger partial charge in [0, 0.05) is 19.6 Å². The highest BCUT2D eigenvalue weighted by Crippen LogP contribution is 2.13. The Morgan fingerprint density at radius 3 is 2.13 bits per heavy atom. The molecule has 0 N–H and O–H groups in total. The third-order valence-corrected chi connectivity index (χ3v) is 3.85. The van der Waals surface area contributed by atoms with E-state index in [2.05, 4.69) is 23.6 Å². The summed E-state index contributed by atoms with van der Waals surface area (Å²) in [6, 6.07) is 7.97. The van der Waals surface area contributed by atoms with E-state index in [1.165, 1.54) is 0 Å². The predicted molar refractivity (Wildman–Crippen MR) is 92.7 cm³/mol. The molecule has 0 bridgehead atoms. The van der Waals surface area contributed by atoms with Crippen LogP contribution >= 0.6 is 0 Å². The molecule has 1 aromatic rings. The lowest BCUT2D eigenvalue weighted by molar-refractivity contribution is -0.144. The first-order chi connectivity index (χ1) is 11.1. The van der Waals surface area contributed by atoms with E-state index in [9.17, 15) is 4.79 Å². The average molecular weight is 322 g/mol. The Morgan fingerprint density at radius 2 is 1.61 bits per heavy atom. The van der Waals surface area contributed by atoms with Gasteiger partial charge in [-0.05, 0) is 37.7 Å². The van der Waals surface area contributed by atoms with E-state index in [0.717, 1.165) is 44.0 Å². The van der Waals surface area contributed by atoms with Gasteiger partial charge in [-0.15, -0.1) is 0 Å². The van der Waals surface area contributed by atoms with Crippen LogP contribution in [0.25, 0.3) is 0 Å². The summed E-state index contributed by atoms with van der Waals surface area (Å²) in [7, 11) is 1.66. The zero-order valence-corrected chi connectivity index (χ0v) is 14.9. The van der Waals surface area contributed by atoms with Crippen molar-refractivity contribution in [2.24, 2.45) is 0 Å². The smallest absolute Gasteiger partial charge is 0.320 e. The fourth-order valence-corrected chi connectivity index (χ4v) is 2.42. The number of hydrogen-bond donors (Lipinski definition) is 0. The highest BCUT2D eigenvalue weighted by atomic mass is 16.5. The number of ether oxygens (including phenoxy) is 2. The van der Waals surface area contributed by atoms with E-state index in [4.69, 9.17) is 9.47 Å². The summed E-state index contributed by atoms with van der Waals surface area (Å²) < 4.78 is 10.3. The summed E-state index contributed by atoms with van der Waals surface area (Å²) in [5.41, 5.74) is 1.16. The molecule has 5 nitrogen and oxygen atoms in total. The minimum Gasteiger partial charge on any atom is -0.497 e. The quantitative estimate of drug-likeness (QED) is 0.585. The van der Waals surface area contributed by atoms with E-state index in [0.29, 0.717) is 13.2 Å². The summed E-state index contributed by atoms with van der Waals surface area (Å²) in [4.78, 5) is 16.3. The van der Waals surface area contributed by atoms with E-state index in [1.807, 2.05) is 31.2 Å². The monoisotopic (exact) mass is 322 g/mol. The van der Waals surface area contributed by atoms with Gasteiger partial charge in [0.25, 0.3) is 0 Å². The molecular weight excluding hydrogens is 292 g/mol. The maximum atomic E-state index is 11.8.